The lowest BCUT2D eigenvalue weighted by Crippen LogP contribution is -2.00. The van der Waals surface area contributed by atoms with Crippen molar-refractivity contribution in [3.05, 3.63) is 65.2 Å². The van der Waals surface area contributed by atoms with Crippen LogP contribution < -0.4 is 4.74 Å². The molecule has 0 bridgehead atoms. The predicted octanol–water partition coefficient (Wildman–Crippen LogP) is 4.37. The fourth-order valence-electron chi connectivity index (χ4n) is 1.97. The Morgan fingerprint density at radius 2 is 1.86 bits per heavy atom. The third kappa shape index (κ3) is 5.17. The Labute approximate surface area is 130 Å². The fourth-order valence-corrected chi connectivity index (χ4v) is 2.86. The van der Waals surface area contributed by atoms with E-state index in [9.17, 15) is 0 Å². The summed E-state index contributed by atoms with van der Waals surface area (Å²) in [5.74, 6) is 2.86. The quantitative estimate of drug-likeness (QED) is 0.711. The lowest BCUT2D eigenvalue weighted by Gasteiger charge is -2.08. The Kier molecular flexibility index (Phi) is 6.18. The number of hydrogen-bond acceptors (Lipinski definition) is 3. The number of benzene rings is 2. The summed E-state index contributed by atoms with van der Waals surface area (Å²) in [6, 6.07) is 18.4. The molecule has 2 nitrogen and oxygen atoms in total. The molecule has 0 aliphatic heterocycles. The molecule has 3 heteroatoms. The summed E-state index contributed by atoms with van der Waals surface area (Å²) in [6.45, 7) is 2.85. The lowest BCUT2D eigenvalue weighted by atomic mass is 10.1. The van der Waals surface area contributed by atoms with Crippen molar-refractivity contribution in [3.8, 4) is 11.8 Å². The van der Waals surface area contributed by atoms with Gasteiger partial charge in [0, 0.05) is 11.5 Å². The van der Waals surface area contributed by atoms with E-state index in [0.29, 0.717) is 13.0 Å². The smallest absolute Gasteiger partial charge is 0.119 e. The molecule has 2 aromatic carbocycles. The van der Waals surface area contributed by atoms with Gasteiger partial charge in [0.1, 0.15) is 5.75 Å². The van der Waals surface area contributed by atoms with Gasteiger partial charge in [-0.3, -0.25) is 0 Å². The Morgan fingerprint density at radius 1 is 1.10 bits per heavy atom. The highest BCUT2D eigenvalue weighted by Gasteiger charge is 1.98. The summed E-state index contributed by atoms with van der Waals surface area (Å²) in [4.78, 5) is 0. The molecule has 0 spiro atoms. The van der Waals surface area contributed by atoms with Crippen LogP contribution in [0.5, 0.6) is 5.75 Å². The second-order valence-corrected chi connectivity index (χ2v) is 5.91. The topological polar surface area (TPSA) is 33.0 Å². The van der Waals surface area contributed by atoms with Gasteiger partial charge < -0.3 is 4.74 Å². The van der Waals surface area contributed by atoms with Crippen LogP contribution in [0.4, 0.5) is 0 Å². The van der Waals surface area contributed by atoms with E-state index in [0.717, 1.165) is 22.8 Å². The maximum atomic E-state index is 8.62. The van der Waals surface area contributed by atoms with Crippen LogP contribution >= 0.6 is 11.8 Å². The molecular weight excluding hydrogens is 278 g/mol. The van der Waals surface area contributed by atoms with Crippen LogP contribution in [0.2, 0.25) is 0 Å². The molecule has 21 heavy (non-hydrogen) atoms. The van der Waals surface area contributed by atoms with E-state index in [4.69, 9.17) is 10.00 Å². The minimum atomic E-state index is 0.451. The zero-order valence-electron chi connectivity index (χ0n) is 12.2. The van der Waals surface area contributed by atoms with Gasteiger partial charge in [0.25, 0.3) is 0 Å². The van der Waals surface area contributed by atoms with E-state index in [1.807, 2.05) is 36.0 Å². The van der Waals surface area contributed by atoms with Gasteiger partial charge in [-0.05, 0) is 35.7 Å². The SMILES string of the molecule is Cc1ccccc1CSCCOc1ccc(CC#N)cc1. The van der Waals surface area contributed by atoms with Crippen molar-refractivity contribution < 1.29 is 4.74 Å². The molecule has 0 N–H and O–H groups in total. The highest BCUT2D eigenvalue weighted by atomic mass is 32.2. The Bertz CT molecular complexity index is 601. The number of thioether (sulfide) groups is 1. The Hall–Kier alpha value is -1.92. The standard InChI is InChI=1S/C18H19NOS/c1-15-4-2-3-5-17(15)14-21-13-12-20-18-8-6-16(7-9-18)10-11-19/h2-9H,10,12-14H2,1H3. The van der Waals surface area contributed by atoms with Crippen molar-refractivity contribution in [2.75, 3.05) is 12.4 Å². The fraction of sp³-hybridized carbons (Fsp3) is 0.278. The van der Waals surface area contributed by atoms with E-state index in [1.165, 1.54) is 11.1 Å². The van der Waals surface area contributed by atoms with Crippen molar-refractivity contribution in [1.82, 2.24) is 0 Å². The first-order valence-corrected chi connectivity index (χ1v) is 8.16. The van der Waals surface area contributed by atoms with E-state index in [1.54, 1.807) is 0 Å². The maximum absolute atomic E-state index is 8.62. The van der Waals surface area contributed by atoms with Crippen LogP contribution in [0.1, 0.15) is 16.7 Å². The van der Waals surface area contributed by atoms with Gasteiger partial charge in [0.15, 0.2) is 0 Å². The minimum absolute atomic E-state index is 0.451. The van der Waals surface area contributed by atoms with Crippen molar-refractivity contribution in [2.45, 2.75) is 19.1 Å². The molecule has 0 saturated carbocycles. The first kappa shape index (κ1) is 15.5. The summed E-state index contributed by atoms with van der Waals surface area (Å²) < 4.78 is 5.70. The molecule has 0 atom stereocenters. The van der Waals surface area contributed by atoms with Gasteiger partial charge in [0.05, 0.1) is 19.1 Å². The van der Waals surface area contributed by atoms with Crippen LogP contribution in [0.3, 0.4) is 0 Å². The summed E-state index contributed by atoms with van der Waals surface area (Å²) in [5, 5.41) is 8.62. The van der Waals surface area contributed by atoms with Crippen LogP contribution in [0.15, 0.2) is 48.5 Å². The van der Waals surface area contributed by atoms with Crippen LogP contribution in [-0.2, 0) is 12.2 Å². The van der Waals surface area contributed by atoms with E-state index in [-0.39, 0.29) is 0 Å². The molecule has 0 fully saturated rings. The summed E-state index contributed by atoms with van der Waals surface area (Å²) in [7, 11) is 0. The van der Waals surface area contributed by atoms with Crippen LogP contribution in [-0.4, -0.2) is 12.4 Å². The zero-order chi connectivity index (χ0) is 14.9. The second kappa shape index (κ2) is 8.39. The maximum Gasteiger partial charge on any atom is 0.119 e. The third-order valence-electron chi connectivity index (χ3n) is 3.22. The van der Waals surface area contributed by atoms with Gasteiger partial charge >= 0.3 is 0 Å². The molecule has 0 amide bonds. The highest BCUT2D eigenvalue weighted by molar-refractivity contribution is 7.98. The van der Waals surface area contributed by atoms with E-state index >= 15 is 0 Å². The van der Waals surface area contributed by atoms with Gasteiger partial charge in [-0.25, -0.2) is 0 Å². The molecule has 2 aromatic rings. The minimum Gasteiger partial charge on any atom is -0.493 e. The molecule has 0 radical (unpaired) electrons. The summed E-state index contributed by atoms with van der Waals surface area (Å²) >= 11 is 1.88. The number of aryl methyl sites for hydroxylation is 1. The van der Waals surface area contributed by atoms with E-state index in [2.05, 4.69) is 37.3 Å². The zero-order valence-corrected chi connectivity index (χ0v) is 13.0. The van der Waals surface area contributed by atoms with Crippen molar-refractivity contribution in [1.29, 1.82) is 5.26 Å². The average Bonchev–Trinajstić information content (AvgIpc) is 2.51. The molecule has 0 aromatic heterocycles. The van der Waals surface area contributed by atoms with Crippen LogP contribution in [0.25, 0.3) is 0 Å². The first-order valence-electron chi connectivity index (χ1n) is 7.00. The molecule has 0 saturated heterocycles. The predicted molar refractivity (Wildman–Crippen MR) is 88.6 cm³/mol. The summed E-state index contributed by atoms with van der Waals surface area (Å²) in [6.07, 6.45) is 0.451. The third-order valence-corrected chi connectivity index (χ3v) is 4.19. The molecule has 0 aliphatic carbocycles. The molecule has 2 rings (SSSR count). The normalized spacial score (nSPS) is 10.1. The van der Waals surface area contributed by atoms with Gasteiger partial charge in [-0.15, -0.1) is 0 Å². The number of ether oxygens (including phenoxy) is 1. The van der Waals surface area contributed by atoms with Gasteiger partial charge in [-0.1, -0.05) is 36.4 Å². The molecular formula is C18H19NOS. The second-order valence-electron chi connectivity index (χ2n) is 4.81. The number of nitrogens with zero attached hydrogens (tertiary/aromatic N) is 1. The van der Waals surface area contributed by atoms with E-state index < -0.39 is 0 Å². The summed E-state index contributed by atoms with van der Waals surface area (Å²) in [5.41, 5.74) is 3.76. The van der Waals surface area contributed by atoms with Crippen molar-refractivity contribution in [2.24, 2.45) is 0 Å². The number of hydrogen-bond donors (Lipinski definition) is 0. The molecule has 0 unspecified atom stereocenters. The van der Waals surface area contributed by atoms with Crippen LogP contribution in [0, 0.1) is 18.3 Å². The van der Waals surface area contributed by atoms with Gasteiger partial charge in [0.2, 0.25) is 0 Å². The monoisotopic (exact) mass is 297 g/mol. The Morgan fingerprint density at radius 3 is 2.57 bits per heavy atom. The molecule has 0 heterocycles. The van der Waals surface area contributed by atoms with Gasteiger partial charge in [-0.2, -0.15) is 17.0 Å². The first-order chi connectivity index (χ1) is 10.3. The van der Waals surface area contributed by atoms with Crippen molar-refractivity contribution >= 4 is 11.8 Å². The molecule has 0 aliphatic rings. The molecule has 108 valence electrons. The number of nitriles is 1. The lowest BCUT2D eigenvalue weighted by molar-refractivity contribution is 0.344. The highest BCUT2D eigenvalue weighted by Crippen LogP contribution is 2.17. The largest absolute Gasteiger partial charge is 0.493 e. The van der Waals surface area contributed by atoms with Crippen molar-refractivity contribution in [3.63, 3.8) is 0 Å². The number of rotatable bonds is 7. The Balaban J connectivity index is 1.68. The average molecular weight is 297 g/mol.